The molecule has 0 amide bonds. The molecule has 1 unspecified atom stereocenters. The van der Waals surface area contributed by atoms with Crippen LogP contribution in [-0.2, 0) is 0 Å². The predicted molar refractivity (Wildman–Crippen MR) is 51.2 cm³/mol. The highest BCUT2D eigenvalue weighted by Crippen LogP contribution is 2.16. The Morgan fingerprint density at radius 1 is 1.42 bits per heavy atom. The van der Waals surface area contributed by atoms with Gasteiger partial charge >= 0.3 is 0 Å². The molecule has 2 nitrogen and oxygen atoms in total. The summed E-state index contributed by atoms with van der Waals surface area (Å²) in [5, 5.41) is 3.54. The van der Waals surface area contributed by atoms with Crippen LogP contribution in [0.2, 0.25) is 0 Å². The van der Waals surface area contributed by atoms with Gasteiger partial charge in [0.15, 0.2) is 0 Å². The van der Waals surface area contributed by atoms with Gasteiger partial charge in [0.2, 0.25) is 0 Å². The molecule has 0 aromatic carbocycles. The molecule has 0 aliphatic carbocycles. The van der Waals surface area contributed by atoms with Gasteiger partial charge in [0.05, 0.1) is 0 Å². The van der Waals surface area contributed by atoms with Crippen molar-refractivity contribution in [3.8, 4) is 0 Å². The van der Waals surface area contributed by atoms with Crippen molar-refractivity contribution < 1.29 is 0 Å². The Morgan fingerprint density at radius 2 is 2.25 bits per heavy atom. The summed E-state index contributed by atoms with van der Waals surface area (Å²) >= 11 is 0. The van der Waals surface area contributed by atoms with Gasteiger partial charge in [0.1, 0.15) is 0 Å². The predicted octanol–water partition coefficient (Wildman–Crippen LogP) is 1.08. The first kappa shape index (κ1) is 8.52. The van der Waals surface area contributed by atoms with Crippen molar-refractivity contribution in [2.24, 2.45) is 5.92 Å². The first-order valence-electron chi connectivity index (χ1n) is 5.30. The molecule has 2 fully saturated rings. The molecule has 1 N–H and O–H groups in total. The minimum absolute atomic E-state index is 0.834. The highest BCUT2D eigenvalue weighted by atomic mass is 15.2. The zero-order chi connectivity index (χ0) is 8.39. The second kappa shape index (κ2) is 3.75. The van der Waals surface area contributed by atoms with E-state index in [0.29, 0.717) is 0 Å². The Balaban J connectivity index is 1.56. The third-order valence-corrected chi connectivity index (χ3v) is 3.10. The lowest BCUT2D eigenvalue weighted by Gasteiger charge is -2.37. The maximum Gasteiger partial charge on any atom is 0.00797 e. The van der Waals surface area contributed by atoms with Gasteiger partial charge in [-0.1, -0.05) is 6.92 Å². The minimum Gasteiger partial charge on any atom is -0.314 e. The highest BCUT2D eigenvalue weighted by Gasteiger charge is 2.23. The van der Waals surface area contributed by atoms with Crippen LogP contribution in [0.15, 0.2) is 0 Å². The number of nitrogens with zero attached hydrogens (tertiary/aromatic N) is 1. The second-order valence-electron chi connectivity index (χ2n) is 4.45. The standard InChI is InChI=1S/C10H20N2/c1-9-7-12(8-9)6-4-10-3-2-5-11-10/h9-11H,2-8H2,1H3. The summed E-state index contributed by atoms with van der Waals surface area (Å²) in [5.41, 5.74) is 0. The van der Waals surface area contributed by atoms with Gasteiger partial charge in [0.25, 0.3) is 0 Å². The van der Waals surface area contributed by atoms with Crippen LogP contribution in [0.1, 0.15) is 26.2 Å². The van der Waals surface area contributed by atoms with Crippen molar-refractivity contribution in [3.63, 3.8) is 0 Å². The van der Waals surface area contributed by atoms with Crippen LogP contribution >= 0.6 is 0 Å². The molecule has 2 heteroatoms. The Labute approximate surface area is 75.3 Å². The third-order valence-electron chi connectivity index (χ3n) is 3.10. The van der Waals surface area contributed by atoms with E-state index in [1.807, 2.05) is 0 Å². The third kappa shape index (κ3) is 1.99. The summed E-state index contributed by atoms with van der Waals surface area (Å²) in [6.07, 6.45) is 4.16. The van der Waals surface area contributed by atoms with Gasteiger partial charge in [-0.25, -0.2) is 0 Å². The summed E-state index contributed by atoms with van der Waals surface area (Å²) in [6, 6.07) is 0.834. The quantitative estimate of drug-likeness (QED) is 0.678. The Kier molecular flexibility index (Phi) is 2.66. The molecule has 70 valence electrons. The van der Waals surface area contributed by atoms with Crippen molar-refractivity contribution in [3.05, 3.63) is 0 Å². The lowest BCUT2D eigenvalue weighted by atomic mass is 10.0. The minimum atomic E-state index is 0.834. The Bertz CT molecular complexity index is 135. The molecule has 2 aliphatic rings. The van der Waals surface area contributed by atoms with Gasteiger partial charge in [-0.3, -0.25) is 0 Å². The van der Waals surface area contributed by atoms with Gasteiger partial charge in [0, 0.05) is 19.1 Å². The fourth-order valence-corrected chi connectivity index (χ4v) is 2.35. The van der Waals surface area contributed by atoms with Gasteiger partial charge in [-0.15, -0.1) is 0 Å². The SMILES string of the molecule is CC1CN(CCC2CCCN2)C1. The Morgan fingerprint density at radius 3 is 2.83 bits per heavy atom. The zero-order valence-corrected chi connectivity index (χ0v) is 8.05. The lowest BCUT2D eigenvalue weighted by Crippen LogP contribution is -2.46. The van der Waals surface area contributed by atoms with E-state index >= 15 is 0 Å². The molecule has 0 radical (unpaired) electrons. The van der Waals surface area contributed by atoms with Crippen LogP contribution in [0, 0.1) is 5.92 Å². The molecular weight excluding hydrogens is 148 g/mol. The van der Waals surface area contributed by atoms with Crippen LogP contribution in [0.5, 0.6) is 0 Å². The summed E-state index contributed by atoms with van der Waals surface area (Å²) in [7, 11) is 0. The molecule has 0 saturated carbocycles. The maximum atomic E-state index is 3.54. The second-order valence-corrected chi connectivity index (χ2v) is 4.45. The van der Waals surface area contributed by atoms with Crippen molar-refractivity contribution in [2.75, 3.05) is 26.2 Å². The average molecular weight is 168 g/mol. The number of nitrogens with one attached hydrogen (secondary N) is 1. The summed E-state index contributed by atoms with van der Waals surface area (Å²) < 4.78 is 0. The van der Waals surface area contributed by atoms with Crippen molar-refractivity contribution >= 4 is 0 Å². The molecule has 2 rings (SSSR count). The van der Waals surface area contributed by atoms with E-state index in [2.05, 4.69) is 17.1 Å². The zero-order valence-electron chi connectivity index (χ0n) is 8.05. The Hall–Kier alpha value is -0.0800. The summed E-state index contributed by atoms with van der Waals surface area (Å²) in [6.45, 7) is 7.59. The number of rotatable bonds is 3. The van der Waals surface area contributed by atoms with E-state index in [1.165, 1.54) is 45.4 Å². The van der Waals surface area contributed by atoms with Crippen LogP contribution in [0.4, 0.5) is 0 Å². The van der Waals surface area contributed by atoms with Crippen molar-refractivity contribution in [1.82, 2.24) is 10.2 Å². The fourth-order valence-electron chi connectivity index (χ4n) is 2.35. The van der Waals surface area contributed by atoms with Gasteiger partial charge in [-0.05, 0) is 38.3 Å². The number of likely N-dealkylation sites (tertiary alicyclic amines) is 1. The van der Waals surface area contributed by atoms with E-state index in [9.17, 15) is 0 Å². The summed E-state index contributed by atoms with van der Waals surface area (Å²) in [4.78, 5) is 2.57. The highest BCUT2D eigenvalue weighted by molar-refractivity contribution is 4.80. The number of hydrogen-bond donors (Lipinski definition) is 1. The van der Waals surface area contributed by atoms with Crippen molar-refractivity contribution in [1.29, 1.82) is 0 Å². The van der Waals surface area contributed by atoms with Crippen molar-refractivity contribution in [2.45, 2.75) is 32.2 Å². The molecule has 2 saturated heterocycles. The van der Waals surface area contributed by atoms with E-state index in [4.69, 9.17) is 0 Å². The van der Waals surface area contributed by atoms with Gasteiger partial charge < -0.3 is 10.2 Å². The van der Waals surface area contributed by atoms with Crippen LogP contribution < -0.4 is 5.32 Å². The summed E-state index contributed by atoms with van der Waals surface area (Å²) in [5.74, 6) is 0.960. The largest absolute Gasteiger partial charge is 0.314 e. The van der Waals surface area contributed by atoms with Crippen LogP contribution in [-0.4, -0.2) is 37.1 Å². The molecule has 12 heavy (non-hydrogen) atoms. The van der Waals surface area contributed by atoms with Crippen LogP contribution in [0.3, 0.4) is 0 Å². The van der Waals surface area contributed by atoms with Crippen LogP contribution in [0.25, 0.3) is 0 Å². The molecule has 1 atom stereocenters. The molecular formula is C10H20N2. The normalized spacial score (nSPS) is 32.2. The molecule has 2 heterocycles. The topological polar surface area (TPSA) is 15.3 Å². The van der Waals surface area contributed by atoms with E-state index in [0.717, 1.165) is 12.0 Å². The monoisotopic (exact) mass is 168 g/mol. The number of hydrogen-bond acceptors (Lipinski definition) is 2. The molecule has 0 spiro atoms. The molecule has 2 aliphatic heterocycles. The van der Waals surface area contributed by atoms with Gasteiger partial charge in [-0.2, -0.15) is 0 Å². The molecule has 0 bridgehead atoms. The smallest absolute Gasteiger partial charge is 0.00797 e. The molecule has 0 aromatic rings. The van der Waals surface area contributed by atoms with E-state index in [-0.39, 0.29) is 0 Å². The average Bonchev–Trinajstić information content (AvgIpc) is 2.47. The fraction of sp³-hybridized carbons (Fsp3) is 1.00. The lowest BCUT2D eigenvalue weighted by molar-refractivity contribution is 0.108. The maximum absolute atomic E-state index is 3.54. The molecule has 0 aromatic heterocycles. The van der Waals surface area contributed by atoms with E-state index < -0.39 is 0 Å². The van der Waals surface area contributed by atoms with E-state index in [1.54, 1.807) is 0 Å². The first-order valence-corrected chi connectivity index (χ1v) is 5.30. The first-order chi connectivity index (χ1) is 5.84.